The molecule has 0 aromatic heterocycles. The van der Waals surface area contributed by atoms with Crippen LogP contribution in [0.25, 0.3) is 0 Å². The van der Waals surface area contributed by atoms with Crippen molar-refractivity contribution in [3.8, 4) is 5.75 Å². The van der Waals surface area contributed by atoms with Crippen LogP contribution in [-0.4, -0.2) is 24.2 Å². The Morgan fingerprint density at radius 3 is 2.95 bits per heavy atom. The summed E-state index contributed by atoms with van der Waals surface area (Å²) >= 11 is 2.00. The van der Waals surface area contributed by atoms with Gasteiger partial charge in [0, 0.05) is 18.2 Å². The van der Waals surface area contributed by atoms with Gasteiger partial charge in [0.2, 0.25) is 0 Å². The zero-order chi connectivity index (χ0) is 13.9. The highest BCUT2D eigenvalue weighted by Crippen LogP contribution is 2.18. The molecular weight excluding hydrogens is 254 g/mol. The van der Waals surface area contributed by atoms with Crippen LogP contribution in [0.4, 0.5) is 0 Å². The van der Waals surface area contributed by atoms with Crippen molar-refractivity contribution >= 4 is 11.8 Å². The highest BCUT2D eigenvalue weighted by atomic mass is 32.2. The predicted molar refractivity (Wildman–Crippen MR) is 86.1 cm³/mol. The molecule has 0 bridgehead atoms. The van der Waals surface area contributed by atoms with Crippen LogP contribution >= 0.6 is 11.8 Å². The van der Waals surface area contributed by atoms with Crippen LogP contribution in [0.2, 0.25) is 0 Å². The summed E-state index contributed by atoms with van der Waals surface area (Å²) in [5, 5.41) is 3.56. The van der Waals surface area contributed by atoms with E-state index in [1.165, 1.54) is 23.5 Å². The molecule has 0 aliphatic carbocycles. The van der Waals surface area contributed by atoms with Gasteiger partial charge in [0.25, 0.3) is 0 Å². The van der Waals surface area contributed by atoms with E-state index in [-0.39, 0.29) is 0 Å². The number of nitrogens with one attached hydrogen (secondary N) is 1. The van der Waals surface area contributed by atoms with Crippen molar-refractivity contribution in [2.45, 2.75) is 32.9 Å². The van der Waals surface area contributed by atoms with Gasteiger partial charge in [-0.1, -0.05) is 37.8 Å². The number of ether oxygens (including phenoxy) is 1. The van der Waals surface area contributed by atoms with Gasteiger partial charge in [0.15, 0.2) is 0 Å². The number of thioether (sulfide) groups is 1. The van der Waals surface area contributed by atoms with Gasteiger partial charge in [0.05, 0.1) is 0 Å². The Labute approximate surface area is 121 Å². The maximum atomic E-state index is 5.65. The standard InChI is InChI=1S/C16H25NOS/c1-4-11-18-16-9-7-6-8-15(16)13-17-14(3)10-12-19-5-2/h4,6-9,14,17H,1,5,10-13H2,2-3H3. The third-order valence-electron chi connectivity index (χ3n) is 2.87. The third-order valence-corrected chi connectivity index (χ3v) is 3.80. The van der Waals surface area contributed by atoms with Gasteiger partial charge in [-0.15, -0.1) is 0 Å². The molecule has 0 amide bonds. The Morgan fingerprint density at radius 2 is 2.21 bits per heavy atom. The van der Waals surface area contributed by atoms with Crippen LogP contribution in [0.15, 0.2) is 36.9 Å². The monoisotopic (exact) mass is 279 g/mol. The SMILES string of the molecule is C=CCOc1ccccc1CNC(C)CCSCC. The summed E-state index contributed by atoms with van der Waals surface area (Å²) in [6.45, 7) is 9.53. The molecule has 0 spiro atoms. The van der Waals surface area contributed by atoms with Crippen molar-refractivity contribution in [3.63, 3.8) is 0 Å². The number of para-hydroxylation sites is 1. The predicted octanol–water partition coefficient (Wildman–Crippen LogP) is 3.87. The Bertz CT molecular complexity index is 368. The molecule has 1 N–H and O–H groups in total. The molecule has 1 rings (SSSR count). The van der Waals surface area contributed by atoms with Gasteiger partial charge in [-0.05, 0) is 30.9 Å². The fourth-order valence-electron chi connectivity index (χ4n) is 1.73. The summed E-state index contributed by atoms with van der Waals surface area (Å²) in [6.07, 6.45) is 2.98. The van der Waals surface area contributed by atoms with Crippen LogP contribution in [0.1, 0.15) is 25.8 Å². The molecule has 1 atom stereocenters. The molecule has 19 heavy (non-hydrogen) atoms. The van der Waals surface area contributed by atoms with Crippen LogP contribution < -0.4 is 10.1 Å². The van der Waals surface area contributed by atoms with Crippen molar-refractivity contribution in [2.24, 2.45) is 0 Å². The van der Waals surface area contributed by atoms with E-state index in [1.54, 1.807) is 6.08 Å². The second-order valence-corrected chi connectivity index (χ2v) is 5.87. The van der Waals surface area contributed by atoms with E-state index >= 15 is 0 Å². The first kappa shape index (κ1) is 16.1. The van der Waals surface area contributed by atoms with Crippen LogP contribution in [-0.2, 0) is 6.54 Å². The minimum absolute atomic E-state index is 0.534. The Balaban J connectivity index is 2.41. The van der Waals surface area contributed by atoms with E-state index in [2.05, 4.69) is 37.9 Å². The van der Waals surface area contributed by atoms with Crippen molar-refractivity contribution in [1.82, 2.24) is 5.32 Å². The minimum atomic E-state index is 0.534. The molecule has 0 heterocycles. The summed E-state index contributed by atoms with van der Waals surface area (Å²) in [4.78, 5) is 0. The van der Waals surface area contributed by atoms with E-state index in [4.69, 9.17) is 4.74 Å². The first-order chi connectivity index (χ1) is 9.27. The molecule has 0 aliphatic heterocycles. The summed E-state index contributed by atoms with van der Waals surface area (Å²) in [5.41, 5.74) is 1.21. The summed E-state index contributed by atoms with van der Waals surface area (Å²) in [5.74, 6) is 3.37. The van der Waals surface area contributed by atoms with E-state index in [1.807, 2.05) is 23.9 Å². The first-order valence-electron chi connectivity index (χ1n) is 6.90. The topological polar surface area (TPSA) is 21.3 Å². The van der Waals surface area contributed by atoms with Crippen molar-refractivity contribution in [3.05, 3.63) is 42.5 Å². The third kappa shape index (κ3) is 6.69. The Morgan fingerprint density at radius 1 is 1.42 bits per heavy atom. The molecule has 0 saturated carbocycles. The Hall–Kier alpha value is -0.930. The van der Waals surface area contributed by atoms with Crippen LogP contribution in [0, 0.1) is 0 Å². The quantitative estimate of drug-likeness (QED) is 0.519. The molecule has 0 fully saturated rings. The fraction of sp³-hybridized carbons (Fsp3) is 0.500. The second kappa shape index (κ2) is 9.93. The molecule has 1 aromatic rings. The molecule has 1 aromatic carbocycles. The maximum Gasteiger partial charge on any atom is 0.124 e. The first-order valence-corrected chi connectivity index (χ1v) is 8.06. The lowest BCUT2D eigenvalue weighted by molar-refractivity contribution is 0.357. The van der Waals surface area contributed by atoms with E-state index in [0.29, 0.717) is 12.6 Å². The van der Waals surface area contributed by atoms with Gasteiger partial charge in [-0.25, -0.2) is 0 Å². The van der Waals surface area contributed by atoms with Gasteiger partial charge < -0.3 is 10.1 Å². The second-order valence-electron chi connectivity index (χ2n) is 4.47. The van der Waals surface area contributed by atoms with Crippen molar-refractivity contribution in [2.75, 3.05) is 18.1 Å². The highest BCUT2D eigenvalue weighted by Gasteiger charge is 2.05. The fourth-order valence-corrected chi connectivity index (χ4v) is 2.54. The van der Waals surface area contributed by atoms with Crippen molar-refractivity contribution < 1.29 is 4.74 Å². The molecule has 3 heteroatoms. The number of hydrogen-bond acceptors (Lipinski definition) is 3. The number of benzene rings is 1. The lowest BCUT2D eigenvalue weighted by atomic mass is 10.2. The zero-order valence-corrected chi connectivity index (χ0v) is 12.8. The molecule has 106 valence electrons. The van der Waals surface area contributed by atoms with Crippen molar-refractivity contribution in [1.29, 1.82) is 0 Å². The summed E-state index contributed by atoms with van der Waals surface area (Å²) in [7, 11) is 0. The number of rotatable bonds is 10. The van der Waals surface area contributed by atoms with Gasteiger partial charge in [-0.2, -0.15) is 11.8 Å². The van der Waals surface area contributed by atoms with E-state index in [0.717, 1.165) is 12.3 Å². The average Bonchev–Trinajstić information content (AvgIpc) is 2.44. The van der Waals surface area contributed by atoms with Gasteiger partial charge in [-0.3, -0.25) is 0 Å². The van der Waals surface area contributed by atoms with Gasteiger partial charge >= 0.3 is 0 Å². The van der Waals surface area contributed by atoms with Crippen LogP contribution in [0.3, 0.4) is 0 Å². The lowest BCUT2D eigenvalue weighted by Crippen LogP contribution is -2.26. The van der Waals surface area contributed by atoms with Gasteiger partial charge in [0.1, 0.15) is 12.4 Å². The smallest absolute Gasteiger partial charge is 0.124 e. The lowest BCUT2D eigenvalue weighted by Gasteiger charge is -2.15. The zero-order valence-electron chi connectivity index (χ0n) is 12.0. The maximum absolute atomic E-state index is 5.65. The molecule has 1 unspecified atom stereocenters. The molecule has 2 nitrogen and oxygen atoms in total. The molecule has 0 radical (unpaired) electrons. The van der Waals surface area contributed by atoms with Crippen LogP contribution in [0.5, 0.6) is 5.75 Å². The average molecular weight is 279 g/mol. The van der Waals surface area contributed by atoms with E-state index in [9.17, 15) is 0 Å². The molecule has 0 saturated heterocycles. The Kier molecular flexibility index (Phi) is 8.43. The molecular formula is C16H25NOS. The van der Waals surface area contributed by atoms with E-state index < -0.39 is 0 Å². The normalized spacial score (nSPS) is 12.1. The largest absolute Gasteiger partial charge is 0.489 e. The summed E-state index contributed by atoms with van der Waals surface area (Å²) in [6, 6.07) is 8.71. The minimum Gasteiger partial charge on any atom is -0.489 e. The summed E-state index contributed by atoms with van der Waals surface area (Å²) < 4.78 is 5.65. The molecule has 0 aliphatic rings. The number of hydrogen-bond donors (Lipinski definition) is 1. The highest BCUT2D eigenvalue weighted by molar-refractivity contribution is 7.99.